The van der Waals surface area contributed by atoms with Crippen molar-refractivity contribution < 1.29 is 23.8 Å². The topological polar surface area (TPSA) is 66.8 Å². The molecule has 1 amide bonds. The second-order valence-electron chi connectivity index (χ2n) is 7.24. The molecule has 1 unspecified atom stereocenters. The van der Waals surface area contributed by atoms with Crippen molar-refractivity contribution >= 4 is 28.8 Å². The van der Waals surface area contributed by atoms with Crippen LogP contribution in [0.1, 0.15) is 27.6 Å². The summed E-state index contributed by atoms with van der Waals surface area (Å²) in [6, 6.07) is 14.1. The predicted molar refractivity (Wildman–Crippen MR) is 116 cm³/mol. The van der Waals surface area contributed by atoms with Gasteiger partial charge in [-0.1, -0.05) is 18.2 Å². The number of nitrogens with zero attached hydrogens (tertiary/aromatic N) is 1. The fourth-order valence-corrected chi connectivity index (χ4v) is 4.40. The first kappa shape index (κ1) is 20.8. The van der Waals surface area contributed by atoms with Gasteiger partial charge in [-0.25, -0.2) is 4.39 Å². The number of carbonyl (C=O) groups is 2. The summed E-state index contributed by atoms with van der Waals surface area (Å²) in [6.07, 6.45) is 0. The van der Waals surface area contributed by atoms with Crippen LogP contribution in [-0.2, 0) is 16.1 Å². The summed E-state index contributed by atoms with van der Waals surface area (Å²) in [5.74, 6) is -1.56. The maximum Gasteiger partial charge on any atom is 0.295 e. The van der Waals surface area contributed by atoms with Crippen LogP contribution in [-0.4, -0.2) is 28.8 Å². The van der Waals surface area contributed by atoms with E-state index in [-0.39, 0.29) is 23.4 Å². The number of halogens is 1. The number of aliphatic hydroxyl groups excluding tert-OH is 1. The van der Waals surface area contributed by atoms with Gasteiger partial charge < -0.3 is 14.7 Å². The minimum atomic E-state index is -0.779. The number of Topliss-reactive ketones (excluding diaryl/α,β-unsaturated/α-hetero) is 1. The number of likely N-dealkylation sites (tertiary alicyclic amines) is 1. The van der Waals surface area contributed by atoms with Gasteiger partial charge in [-0.15, -0.1) is 11.3 Å². The molecule has 2 aromatic carbocycles. The molecule has 1 N–H and O–H groups in total. The van der Waals surface area contributed by atoms with Crippen LogP contribution in [0.15, 0.2) is 65.6 Å². The lowest BCUT2D eigenvalue weighted by molar-refractivity contribution is -0.140. The Balaban J connectivity index is 1.86. The molecule has 1 saturated heterocycles. The number of aliphatic hydroxyl groups is 1. The molecule has 2 heterocycles. The van der Waals surface area contributed by atoms with Gasteiger partial charge in [0.25, 0.3) is 11.7 Å². The van der Waals surface area contributed by atoms with E-state index in [0.29, 0.717) is 16.9 Å². The highest BCUT2D eigenvalue weighted by molar-refractivity contribution is 7.09. The standard InChI is InChI=1S/C24H20FNO4S/c1-14-12-16(7-10-19(14)25)22(27)20-21(15-5-8-17(30-2)9-6-15)26(24(29)23(20)28)13-18-4-3-11-31-18/h3-12,21,27H,13H2,1-2H3/b22-20-. The van der Waals surface area contributed by atoms with E-state index in [1.807, 2.05) is 17.5 Å². The molecule has 1 atom stereocenters. The molecule has 0 radical (unpaired) electrons. The van der Waals surface area contributed by atoms with Gasteiger partial charge in [0.05, 0.1) is 25.3 Å². The molecule has 7 heteroatoms. The highest BCUT2D eigenvalue weighted by Crippen LogP contribution is 2.41. The lowest BCUT2D eigenvalue weighted by Crippen LogP contribution is -2.28. The van der Waals surface area contributed by atoms with Crippen LogP contribution >= 0.6 is 11.3 Å². The van der Waals surface area contributed by atoms with Crippen molar-refractivity contribution in [3.63, 3.8) is 0 Å². The summed E-state index contributed by atoms with van der Waals surface area (Å²) in [5, 5.41) is 12.9. The Morgan fingerprint density at radius 2 is 1.90 bits per heavy atom. The first-order valence-corrected chi connectivity index (χ1v) is 10.5. The van der Waals surface area contributed by atoms with Crippen LogP contribution in [0, 0.1) is 12.7 Å². The number of carbonyl (C=O) groups excluding carboxylic acids is 2. The highest BCUT2D eigenvalue weighted by Gasteiger charge is 2.46. The van der Waals surface area contributed by atoms with Crippen molar-refractivity contribution in [2.75, 3.05) is 7.11 Å². The van der Waals surface area contributed by atoms with Gasteiger partial charge >= 0.3 is 0 Å². The van der Waals surface area contributed by atoms with Gasteiger partial charge in [-0.2, -0.15) is 0 Å². The zero-order chi connectivity index (χ0) is 22.1. The number of amides is 1. The molecule has 4 rings (SSSR count). The maximum atomic E-state index is 13.7. The number of aryl methyl sites for hydroxylation is 1. The maximum absolute atomic E-state index is 13.7. The smallest absolute Gasteiger partial charge is 0.295 e. The zero-order valence-corrected chi connectivity index (χ0v) is 17.8. The van der Waals surface area contributed by atoms with E-state index >= 15 is 0 Å². The number of ether oxygens (including phenoxy) is 1. The Hall–Kier alpha value is -3.45. The van der Waals surface area contributed by atoms with Crippen LogP contribution in [0.25, 0.3) is 5.76 Å². The van der Waals surface area contributed by atoms with E-state index in [1.165, 1.54) is 34.4 Å². The average Bonchev–Trinajstić information content (AvgIpc) is 3.38. The minimum Gasteiger partial charge on any atom is -0.507 e. The summed E-state index contributed by atoms with van der Waals surface area (Å²) in [6.45, 7) is 1.81. The summed E-state index contributed by atoms with van der Waals surface area (Å²) >= 11 is 1.48. The Morgan fingerprint density at radius 3 is 2.52 bits per heavy atom. The monoisotopic (exact) mass is 437 g/mol. The van der Waals surface area contributed by atoms with Crippen LogP contribution in [0.3, 0.4) is 0 Å². The third-order valence-electron chi connectivity index (χ3n) is 5.31. The quantitative estimate of drug-likeness (QED) is 0.353. The van der Waals surface area contributed by atoms with E-state index in [0.717, 1.165) is 4.88 Å². The van der Waals surface area contributed by atoms with Gasteiger partial charge in [0.2, 0.25) is 0 Å². The number of rotatable bonds is 5. The van der Waals surface area contributed by atoms with Crippen molar-refractivity contribution in [3.05, 3.63) is 92.9 Å². The summed E-state index contributed by atoms with van der Waals surface area (Å²) < 4.78 is 18.9. The molecule has 0 bridgehead atoms. The number of hydrogen-bond acceptors (Lipinski definition) is 5. The molecule has 1 fully saturated rings. The van der Waals surface area contributed by atoms with Crippen molar-refractivity contribution in [2.24, 2.45) is 0 Å². The first-order chi connectivity index (χ1) is 14.9. The summed E-state index contributed by atoms with van der Waals surface area (Å²) in [7, 11) is 1.55. The molecule has 1 aliphatic heterocycles. The van der Waals surface area contributed by atoms with Crippen LogP contribution in [0.5, 0.6) is 5.75 Å². The lowest BCUT2D eigenvalue weighted by Gasteiger charge is -2.25. The highest BCUT2D eigenvalue weighted by atomic mass is 32.1. The molecular weight excluding hydrogens is 417 g/mol. The molecule has 0 aliphatic carbocycles. The third-order valence-corrected chi connectivity index (χ3v) is 6.17. The minimum absolute atomic E-state index is 0.0160. The van der Waals surface area contributed by atoms with Crippen molar-refractivity contribution in [3.8, 4) is 5.75 Å². The van der Waals surface area contributed by atoms with Crippen LogP contribution in [0.2, 0.25) is 0 Å². The predicted octanol–water partition coefficient (Wildman–Crippen LogP) is 4.83. The van der Waals surface area contributed by atoms with Crippen LogP contribution in [0.4, 0.5) is 4.39 Å². The number of thiophene rings is 1. The lowest BCUT2D eigenvalue weighted by atomic mass is 9.94. The molecule has 3 aromatic rings. The van der Waals surface area contributed by atoms with E-state index in [1.54, 1.807) is 38.3 Å². The summed E-state index contributed by atoms with van der Waals surface area (Å²) in [5.41, 5.74) is 1.26. The molecule has 0 saturated carbocycles. The third kappa shape index (κ3) is 3.84. The Morgan fingerprint density at radius 1 is 1.16 bits per heavy atom. The van der Waals surface area contributed by atoms with Crippen molar-refractivity contribution in [2.45, 2.75) is 19.5 Å². The number of benzene rings is 2. The SMILES string of the molecule is COc1ccc(C2/C(=C(/O)c3ccc(F)c(C)c3)C(=O)C(=O)N2Cc2cccs2)cc1. The molecule has 5 nitrogen and oxygen atoms in total. The van der Waals surface area contributed by atoms with E-state index in [4.69, 9.17) is 4.74 Å². The molecular formula is C24H20FNO4S. The number of methoxy groups -OCH3 is 1. The number of hydrogen-bond donors (Lipinski definition) is 1. The Bertz CT molecular complexity index is 1170. The zero-order valence-electron chi connectivity index (χ0n) is 17.0. The van der Waals surface area contributed by atoms with E-state index < -0.39 is 23.5 Å². The second kappa shape index (κ2) is 8.35. The number of ketones is 1. The van der Waals surface area contributed by atoms with Gasteiger partial charge in [-0.05, 0) is 59.8 Å². The fraction of sp³-hybridized carbons (Fsp3) is 0.167. The van der Waals surface area contributed by atoms with Gasteiger partial charge in [0.1, 0.15) is 17.3 Å². The first-order valence-electron chi connectivity index (χ1n) is 9.62. The average molecular weight is 437 g/mol. The van der Waals surface area contributed by atoms with Gasteiger partial charge in [0.15, 0.2) is 0 Å². The largest absolute Gasteiger partial charge is 0.507 e. The van der Waals surface area contributed by atoms with Crippen molar-refractivity contribution in [1.82, 2.24) is 4.90 Å². The molecule has 1 aromatic heterocycles. The van der Waals surface area contributed by atoms with Crippen molar-refractivity contribution in [1.29, 1.82) is 0 Å². The van der Waals surface area contributed by atoms with Crippen LogP contribution < -0.4 is 4.74 Å². The van der Waals surface area contributed by atoms with Gasteiger partial charge in [-0.3, -0.25) is 9.59 Å². The molecule has 1 aliphatic rings. The Kier molecular flexibility index (Phi) is 5.61. The second-order valence-corrected chi connectivity index (χ2v) is 8.28. The normalized spacial score (nSPS) is 17.9. The van der Waals surface area contributed by atoms with E-state index in [9.17, 15) is 19.1 Å². The van der Waals surface area contributed by atoms with E-state index in [2.05, 4.69) is 0 Å². The molecule has 0 spiro atoms. The summed E-state index contributed by atoms with van der Waals surface area (Å²) in [4.78, 5) is 28.3. The molecule has 31 heavy (non-hydrogen) atoms. The Labute approximate surface area is 183 Å². The fourth-order valence-electron chi connectivity index (χ4n) is 3.69. The van der Waals surface area contributed by atoms with Gasteiger partial charge in [0, 0.05) is 10.4 Å². The molecule has 158 valence electrons.